The monoisotopic (exact) mass is 179 g/mol. The number of hydrogen-bond donors (Lipinski definition) is 1. The van der Waals surface area contributed by atoms with Gasteiger partial charge in [-0.1, -0.05) is 29.8 Å². The fraction of sp³-hybridized carbons (Fsp3) is 0.455. The first kappa shape index (κ1) is 10.2. The predicted molar refractivity (Wildman–Crippen MR) is 54.9 cm³/mol. The maximum atomic E-state index is 5.35. The second kappa shape index (κ2) is 5.00. The van der Waals surface area contributed by atoms with Crippen LogP contribution >= 0.6 is 0 Å². The van der Waals surface area contributed by atoms with Gasteiger partial charge in [0.15, 0.2) is 0 Å². The van der Waals surface area contributed by atoms with Crippen molar-refractivity contribution < 1.29 is 4.74 Å². The first-order valence-electron chi connectivity index (χ1n) is 4.52. The first-order valence-corrected chi connectivity index (χ1v) is 4.52. The van der Waals surface area contributed by atoms with Crippen LogP contribution in [0.25, 0.3) is 0 Å². The van der Waals surface area contributed by atoms with E-state index < -0.39 is 0 Å². The standard InChI is InChI=1S/C11H17NO/c1-9-4-6-10(7-5-9)11(13-3)8-12-2/h4-7,11-12H,8H2,1-3H3. The highest BCUT2D eigenvalue weighted by molar-refractivity contribution is 5.23. The summed E-state index contributed by atoms with van der Waals surface area (Å²) in [5, 5.41) is 3.11. The Morgan fingerprint density at radius 3 is 2.38 bits per heavy atom. The summed E-state index contributed by atoms with van der Waals surface area (Å²) in [6.45, 7) is 2.93. The first-order chi connectivity index (χ1) is 6.27. The highest BCUT2D eigenvalue weighted by Gasteiger charge is 2.07. The molecule has 2 heteroatoms. The van der Waals surface area contributed by atoms with Crippen molar-refractivity contribution in [1.29, 1.82) is 0 Å². The van der Waals surface area contributed by atoms with Crippen molar-refractivity contribution in [2.75, 3.05) is 20.7 Å². The molecule has 0 fully saturated rings. The molecular formula is C11H17NO. The van der Waals surface area contributed by atoms with Gasteiger partial charge >= 0.3 is 0 Å². The summed E-state index contributed by atoms with van der Waals surface area (Å²) >= 11 is 0. The Hall–Kier alpha value is -0.860. The third kappa shape index (κ3) is 2.83. The van der Waals surface area contributed by atoms with E-state index in [-0.39, 0.29) is 6.10 Å². The zero-order valence-electron chi connectivity index (χ0n) is 8.50. The van der Waals surface area contributed by atoms with E-state index >= 15 is 0 Å². The van der Waals surface area contributed by atoms with Gasteiger partial charge in [0.2, 0.25) is 0 Å². The Morgan fingerprint density at radius 1 is 1.31 bits per heavy atom. The van der Waals surface area contributed by atoms with Crippen LogP contribution in [0.4, 0.5) is 0 Å². The summed E-state index contributed by atoms with van der Waals surface area (Å²) in [5.41, 5.74) is 2.51. The largest absolute Gasteiger partial charge is 0.375 e. The summed E-state index contributed by atoms with van der Waals surface area (Å²) in [6, 6.07) is 8.44. The molecule has 0 saturated heterocycles. The molecule has 1 unspecified atom stereocenters. The van der Waals surface area contributed by atoms with Crippen molar-refractivity contribution in [3.63, 3.8) is 0 Å². The van der Waals surface area contributed by atoms with Crippen LogP contribution in [0.15, 0.2) is 24.3 Å². The fourth-order valence-electron chi connectivity index (χ4n) is 1.30. The minimum absolute atomic E-state index is 0.158. The van der Waals surface area contributed by atoms with Crippen LogP contribution < -0.4 is 5.32 Å². The van der Waals surface area contributed by atoms with Gasteiger partial charge in [-0.25, -0.2) is 0 Å². The average molecular weight is 179 g/mol. The lowest BCUT2D eigenvalue weighted by atomic mass is 10.1. The normalized spacial score (nSPS) is 12.8. The molecule has 1 rings (SSSR count). The lowest BCUT2D eigenvalue weighted by Gasteiger charge is -2.15. The molecule has 0 saturated carbocycles. The van der Waals surface area contributed by atoms with E-state index in [1.165, 1.54) is 11.1 Å². The summed E-state index contributed by atoms with van der Waals surface area (Å²) in [5.74, 6) is 0. The van der Waals surface area contributed by atoms with E-state index in [0.717, 1.165) is 6.54 Å². The highest BCUT2D eigenvalue weighted by atomic mass is 16.5. The summed E-state index contributed by atoms with van der Waals surface area (Å²) in [6.07, 6.45) is 0.158. The van der Waals surface area contributed by atoms with Crippen LogP contribution in [-0.4, -0.2) is 20.7 Å². The number of aryl methyl sites for hydroxylation is 1. The third-order valence-corrected chi connectivity index (χ3v) is 2.12. The van der Waals surface area contributed by atoms with Crippen LogP contribution in [-0.2, 0) is 4.74 Å². The molecule has 1 atom stereocenters. The second-order valence-electron chi connectivity index (χ2n) is 3.19. The van der Waals surface area contributed by atoms with Gasteiger partial charge in [-0.3, -0.25) is 0 Å². The highest BCUT2D eigenvalue weighted by Crippen LogP contribution is 2.15. The van der Waals surface area contributed by atoms with Crippen molar-refractivity contribution >= 4 is 0 Å². The maximum absolute atomic E-state index is 5.35. The van der Waals surface area contributed by atoms with Crippen molar-refractivity contribution in [2.45, 2.75) is 13.0 Å². The lowest BCUT2D eigenvalue weighted by Crippen LogP contribution is -2.18. The van der Waals surface area contributed by atoms with Gasteiger partial charge < -0.3 is 10.1 Å². The molecule has 0 aromatic heterocycles. The van der Waals surface area contributed by atoms with E-state index in [1.54, 1.807) is 7.11 Å². The topological polar surface area (TPSA) is 21.3 Å². The van der Waals surface area contributed by atoms with Crippen LogP contribution in [0, 0.1) is 6.92 Å². The van der Waals surface area contributed by atoms with E-state index in [1.807, 2.05) is 7.05 Å². The van der Waals surface area contributed by atoms with Gasteiger partial charge in [0.05, 0.1) is 6.10 Å². The Labute approximate surface area is 79.9 Å². The zero-order chi connectivity index (χ0) is 9.68. The van der Waals surface area contributed by atoms with E-state index in [9.17, 15) is 0 Å². The third-order valence-electron chi connectivity index (χ3n) is 2.12. The van der Waals surface area contributed by atoms with Crippen LogP contribution in [0.3, 0.4) is 0 Å². The molecule has 0 bridgehead atoms. The Balaban J connectivity index is 2.73. The number of ether oxygens (including phenoxy) is 1. The van der Waals surface area contributed by atoms with Crippen LogP contribution in [0.2, 0.25) is 0 Å². The van der Waals surface area contributed by atoms with Crippen molar-refractivity contribution in [2.24, 2.45) is 0 Å². The molecule has 0 aliphatic heterocycles. The molecule has 0 amide bonds. The molecule has 0 spiro atoms. The zero-order valence-corrected chi connectivity index (χ0v) is 8.50. The number of benzene rings is 1. The number of nitrogens with one attached hydrogen (secondary N) is 1. The summed E-state index contributed by atoms with van der Waals surface area (Å²) in [4.78, 5) is 0. The molecule has 2 nitrogen and oxygen atoms in total. The number of hydrogen-bond acceptors (Lipinski definition) is 2. The molecule has 0 aliphatic carbocycles. The molecule has 0 heterocycles. The lowest BCUT2D eigenvalue weighted by molar-refractivity contribution is 0.104. The molecule has 0 aliphatic rings. The minimum Gasteiger partial charge on any atom is -0.375 e. The molecule has 1 aromatic rings. The van der Waals surface area contributed by atoms with Crippen molar-refractivity contribution in [1.82, 2.24) is 5.32 Å². The number of likely N-dealkylation sites (N-methyl/N-ethyl adjacent to an activating group) is 1. The predicted octanol–water partition coefficient (Wildman–Crippen LogP) is 1.90. The van der Waals surface area contributed by atoms with Crippen molar-refractivity contribution in [3.8, 4) is 0 Å². The Kier molecular flexibility index (Phi) is 3.93. The summed E-state index contributed by atoms with van der Waals surface area (Å²) in [7, 11) is 3.67. The van der Waals surface area contributed by atoms with Gasteiger partial charge in [0.1, 0.15) is 0 Å². The maximum Gasteiger partial charge on any atom is 0.0945 e. The Morgan fingerprint density at radius 2 is 1.92 bits per heavy atom. The average Bonchev–Trinajstić information content (AvgIpc) is 2.16. The van der Waals surface area contributed by atoms with E-state index in [0.29, 0.717) is 0 Å². The summed E-state index contributed by atoms with van der Waals surface area (Å²) < 4.78 is 5.35. The van der Waals surface area contributed by atoms with Gasteiger partial charge in [0.25, 0.3) is 0 Å². The fourth-order valence-corrected chi connectivity index (χ4v) is 1.30. The number of methoxy groups -OCH3 is 1. The quantitative estimate of drug-likeness (QED) is 0.762. The van der Waals surface area contributed by atoms with Crippen LogP contribution in [0.1, 0.15) is 17.2 Å². The van der Waals surface area contributed by atoms with Gasteiger partial charge in [-0.15, -0.1) is 0 Å². The van der Waals surface area contributed by atoms with E-state index in [2.05, 4.69) is 36.5 Å². The van der Waals surface area contributed by atoms with Crippen molar-refractivity contribution in [3.05, 3.63) is 35.4 Å². The molecule has 72 valence electrons. The molecule has 1 N–H and O–H groups in total. The minimum atomic E-state index is 0.158. The second-order valence-corrected chi connectivity index (χ2v) is 3.19. The Bertz CT molecular complexity index is 243. The van der Waals surface area contributed by atoms with Gasteiger partial charge in [0, 0.05) is 13.7 Å². The molecule has 1 aromatic carbocycles. The van der Waals surface area contributed by atoms with Crippen LogP contribution in [0.5, 0.6) is 0 Å². The molecular weight excluding hydrogens is 162 g/mol. The smallest absolute Gasteiger partial charge is 0.0945 e. The molecule has 0 radical (unpaired) electrons. The number of rotatable bonds is 4. The molecule has 13 heavy (non-hydrogen) atoms. The van der Waals surface area contributed by atoms with E-state index in [4.69, 9.17) is 4.74 Å². The van der Waals surface area contributed by atoms with Gasteiger partial charge in [-0.2, -0.15) is 0 Å². The SMILES string of the molecule is CNCC(OC)c1ccc(C)cc1. The van der Waals surface area contributed by atoms with Gasteiger partial charge in [-0.05, 0) is 19.5 Å².